The number of alkyl halides is 1. The number of carbonyl (C=O) groups excluding carboxylic acids is 1. The van der Waals surface area contributed by atoms with E-state index in [1.165, 1.54) is 18.5 Å². The fourth-order valence-corrected chi connectivity index (χ4v) is 7.14. The van der Waals surface area contributed by atoms with Crippen LogP contribution in [0.25, 0.3) is 22.1 Å². The van der Waals surface area contributed by atoms with E-state index in [0.29, 0.717) is 59.3 Å². The van der Waals surface area contributed by atoms with Gasteiger partial charge < -0.3 is 24.1 Å². The fraction of sp³-hybridized carbons (Fsp3) is 0.472. The summed E-state index contributed by atoms with van der Waals surface area (Å²) in [7, 11) is 1.97. The number of hydrogen-bond donors (Lipinski definition) is 1. The third kappa shape index (κ3) is 6.89. The van der Waals surface area contributed by atoms with E-state index >= 15 is 4.39 Å². The lowest BCUT2D eigenvalue weighted by atomic mass is 9.83. The monoisotopic (exact) mass is 728 g/mol. The van der Waals surface area contributed by atoms with Crippen molar-refractivity contribution >= 4 is 57.1 Å². The molecule has 0 radical (unpaired) electrons. The van der Waals surface area contributed by atoms with Gasteiger partial charge in [-0.25, -0.2) is 23.5 Å². The van der Waals surface area contributed by atoms with Crippen LogP contribution < -0.4 is 21.1 Å². The Morgan fingerprint density at radius 3 is 2.22 bits per heavy atom. The molecule has 0 spiro atoms. The van der Waals surface area contributed by atoms with Crippen LogP contribution in [0.3, 0.4) is 0 Å². The van der Waals surface area contributed by atoms with E-state index in [1.54, 1.807) is 26.2 Å². The molecule has 0 aromatic carbocycles. The molecule has 3 fully saturated rings. The van der Waals surface area contributed by atoms with Crippen LogP contribution in [-0.4, -0.2) is 64.2 Å². The highest BCUT2D eigenvalue weighted by molar-refractivity contribution is 6.29. The number of anilines is 1. The molecular formula is C36H40Cl2F2N6O4. The van der Waals surface area contributed by atoms with Gasteiger partial charge in [0, 0.05) is 61.5 Å². The number of aryl methyl sites for hydroxylation is 1. The van der Waals surface area contributed by atoms with Crippen molar-refractivity contribution in [2.45, 2.75) is 64.1 Å². The molecule has 1 saturated heterocycles. The molecule has 1 N–H and O–H groups in total. The Kier molecular flexibility index (Phi) is 10.6. The number of carbonyl (C=O) groups is 1. The van der Waals surface area contributed by atoms with E-state index < -0.39 is 23.0 Å². The summed E-state index contributed by atoms with van der Waals surface area (Å²) in [6.45, 7) is 5.00. The Labute approximate surface area is 298 Å². The number of halogens is 4. The molecule has 3 aliphatic carbocycles. The second-order valence-corrected chi connectivity index (χ2v) is 13.5. The maximum atomic E-state index is 15.2. The average Bonchev–Trinajstić information content (AvgIpc) is 4.06. The maximum Gasteiger partial charge on any atom is 0.343 e. The predicted molar refractivity (Wildman–Crippen MR) is 192 cm³/mol. The van der Waals surface area contributed by atoms with Gasteiger partial charge in [-0.3, -0.25) is 9.59 Å². The zero-order valence-electron chi connectivity index (χ0n) is 28.4. The summed E-state index contributed by atoms with van der Waals surface area (Å²) >= 11 is 10.3. The zero-order chi connectivity index (χ0) is 35.9. The molecule has 0 bridgehead atoms. The molecule has 14 heteroatoms. The number of pyridine rings is 4. The molecule has 4 aromatic heterocycles. The number of aromatic nitrogens is 4. The third-order valence-electron chi connectivity index (χ3n) is 9.78. The molecule has 5 heterocycles. The predicted octanol–water partition coefficient (Wildman–Crippen LogP) is 6.33. The van der Waals surface area contributed by atoms with Gasteiger partial charge in [-0.05, 0) is 71.0 Å². The number of fused-ring (bicyclic) bond motifs is 3. The lowest BCUT2D eigenvalue weighted by Crippen LogP contribution is -2.39. The van der Waals surface area contributed by atoms with Crippen molar-refractivity contribution in [3.63, 3.8) is 0 Å². The largest absolute Gasteiger partial charge is 0.462 e. The normalized spacial score (nSPS) is 21.0. The number of nitrogens with zero attached hydrogens (tertiary/aromatic N) is 5. The van der Waals surface area contributed by atoms with Crippen LogP contribution in [0.4, 0.5) is 14.6 Å². The van der Waals surface area contributed by atoms with Crippen LogP contribution in [0.15, 0.2) is 46.3 Å². The van der Waals surface area contributed by atoms with Gasteiger partial charge in [0.15, 0.2) is 28.0 Å². The Morgan fingerprint density at radius 2 is 1.58 bits per heavy atom. The number of ether oxygens (including phenoxy) is 1. The van der Waals surface area contributed by atoms with Crippen molar-refractivity contribution in [2.75, 3.05) is 38.0 Å². The Hall–Kier alpha value is -3.87. The van der Waals surface area contributed by atoms with Gasteiger partial charge in [-0.2, -0.15) is 0 Å². The Bertz CT molecular complexity index is 2100. The Morgan fingerprint density at radius 1 is 0.960 bits per heavy atom. The van der Waals surface area contributed by atoms with Crippen LogP contribution in [0.1, 0.15) is 67.0 Å². The van der Waals surface area contributed by atoms with Crippen molar-refractivity contribution in [1.82, 2.24) is 24.4 Å². The summed E-state index contributed by atoms with van der Waals surface area (Å²) in [6, 6.07) is 3.32. The quantitative estimate of drug-likeness (QED) is 0.106. The third-order valence-corrected chi connectivity index (χ3v) is 10.0. The first-order valence-corrected chi connectivity index (χ1v) is 18.0. The minimum absolute atomic E-state index is 0.0654. The highest BCUT2D eigenvalue weighted by atomic mass is 35.5. The summed E-state index contributed by atoms with van der Waals surface area (Å²) in [6.07, 6.45) is 14.2. The van der Waals surface area contributed by atoms with E-state index in [1.807, 2.05) is 21.1 Å². The summed E-state index contributed by atoms with van der Waals surface area (Å²) in [5.41, 5.74) is 0.746. The molecule has 10 nitrogen and oxygen atoms in total. The number of esters is 1. The topological polar surface area (TPSA) is 111 Å². The minimum Gasteiger partial charge on any atom is -0.462 e. The van der Waals surface area contributed by atoms with Gasteiger partial charge in [-0.1, -0.05) is 23.8 Å². The first kappa shape index (κ1) is 35.9. The first-order chi connectivity index (χ1) is 24.1. The van der Waals surface area contributed by atoms with Crippen LogP contribution in [-0.2, 0) is 4.74 Å². The molecule has 4 aromatic rings. The van der Waals surface area contributed by atoms with Gasteiger partial charge in [0.2, 0.25) is 5.43 Å². The van der Waals surface area contributed by atoms with Gasteiger partial charge in [0.1, 0.15) is 16.9 Å². The van der Waals surface area contributed by atoms with Crippen LogP contribution in [0.5, 0.6) is 0 Å². The summed E-state index contributed by atoms with van der Waals surface area (Å²) in [5.74, 6) is -0.839. The second-order valence-electron chi connectivity index (χ2n) is 13.1. The molecule has 0 amide bonds. The van der Waals surface area contributed by atoms with Gasteiger partial charge in [0.25, 0.3) is 0 Å². The van der Waals surface area contributed by atoms with E-state index in [-0.39, 0.29) is 40.0 Å². The molecule has 8 rings (SSSR count). The van der Waals surface area contributed by atoms with Crippen LogP contribution in [0.2, 0.25) is 5.15 Å². The number of nitrogens with one attached hydrogen (secondary N) is 1. The molecule has 3 atom stereocenters. The highest BCUT2D eigenvalue weighted by Gasteiger charge is 2.39. The molecule has 2 saturated carbocycles. The van der Waals surface area contributed by atoms with E-state index in [0.717, 1.165) is 32.1 Å². The summed E-state index contributed by atoms with van der Waals surface area (Å²) < 4.78 is 37.4. The van der Waals surface area contributed by atoms with Crippen LogP contribution in [0, 0.1) is 30.4 Å². The van der Waals surface area contributed by atoms with Crippen LogP contribution >= 0.6 is 23.2 Å². The molecule has 50 heavy (non-hydrogen) atoms. The number of hydrogen-bond acceptors (Lipinski definition) is 8. The summed E-state index contributed by atoms with van der Waals surface area (Å²) in [4.78, 5) is 47.8. The van der Waals surface area contributed by atoms with Crippen molar-refractivity contribution in [1.29, 1.82) is 0 Å². The first-order valence-electron chi connectivity index (χ1n) is 16.9. The molecular weight excluding hydrogens is 689 g/mol. The maximum absolute atomic E-state index is 15.2. The van der Waals surface area contributed by atoms with E-state index in [4.69, 9.17) is 16.3 Å². The summed E-state index contributed by atoms with van der Waals surface area (Å²) in [5, 5.41) is 3.62. The van der Waals surface area contributed by atoms with Crippen molar-refractivity contribution in [2.24, 2.45) is 11.8 Å². The van der Waals surface area contributed by atoms with Crippen molar-refractivity contribution < 1.29 is 18.3 Å². The van der Waals surface area contributed by atoms with Crippen molar-refractivity contribution in [3.8, 4) is 0 Å². The minimum atomic E-state index is -0.679. The van der Waals surface area contributed by atoms with Gasteiger partial charge in [0.05, 0.1) is 17.4 Å². The lowest BCUT2D eigenvalue weighted by molar-refractivity contribution is 0.0524. The molecule has 3 unspecified atom stereocenters. The molecule has 1 aliphatic heterocycles. The lowest BCUT2D eigenvalue weighted by Gasteiger charge is -2.28. The molecule has 4 aliphatic rings. The fourth-order valence-electron chi connectivity index (χ4n) is 7.00. The average molecular weight is 730 g/mol. The standard InChI is InChI=1S/C23H27FN4O3.C12H10ClFN2O.CH3Cl/c1-3-31-23(30)17-12-28(14-7-8-14)21-15(20(17)29)9-18(24)22(26-21)27-10-13-5-4-6-19(25-2)16(13)11-27;1-6-5-16(7-2-3-7)12-8(10(6)17)4-9(14)11(13)15-12;1-2/h4-5,9,12-14,16,19,25H,3,6-8,10-11H2,1-2H3;4-5,7H,2-3H2,1H3;1H3. The van der Waals surface area contributed by atoms with Gasteiger partial charge in [-0.15, -0.1) is 11.6 Å². The van der Waals surface area contributed by atoms with Crippen molar-refractivity contribution in [3.05, 3.63) is 85.0 Å². The Balaban J connectivity index is 0.000000192. The van der Waals surface area contributed by atoms with E-state index in [2.05, 4.69) is 39.0 Å². The smallest absolute Gasteiger partial charge is 0.343 e. The zero-order valence-corrected chi connectivity index (χ0v) is 29.9. The number of rotatable bonds is 6. The highest BCUT2D eigenvalue weighted by Crippen LogP contribution is 2.39. The SMILES string of the molecule is CCOC(=O)c1cn(C2CC2)c2nc(N3CC4C=CCC(NC)C4C3)c(F)cc2c1=O.CCl.Cc1cn(C2CC2)c2nc(Cl)c(F)cc2c1=O. The van der Waals surface area contributed by atoms with Gasteiger partial charge >= 0.3 is 5.97 Å². The molecule has 266 valence electrons. The second kappa shape index (κ2) is 14.8. The van der Waals surface area contributed by atoms with E-state index in [9.17, 15) is 18.8 Å².